The molecule has 2 aromatic heterocycles. The number of hydrogen-bond donors (Lipinski definition) is 1. The number of nitrogens with one attached hydrogen (secondary N) is 1. The fraction of sp³-hybridized carbons (Fsp3) is 0.176. The van der Waals surface area contributed by atoms with E-state index in [1.807, 2.05) is 19.1 Å². The van der Waals surface area contributed by atoms with Crippen molar-refractivity contribution < 1.29 is 13.2 Å². The lowest BCUT2D eigenvalue weighted by atomic mass is 10.3. The number of ether oxygens (including phenoxy) is 1. The van der Waals surface area contributed by atoms with Crippen molar-refractivity contribution in [3.05, 3.63) is 58.3 Å². The summed E-state index contributed by atoms with van der Waals surface area (Å²) in [6.07, 6.45) is 3.42. The molecule has 0 spiro atoms. The second-order valence-corrected chi connectivity index (χ2v) is 8.64. The van der Waals surface area contributed by atoms with Gasteiger partial charge in [0, 0.05) is 34.4 Å². The summed E-state index contributed by atoms with van der Waals surface area (Å²) in [6.45, 7) is 1.97. The van der Waals surface area contributed by atoms with Gasteiger partial charge in [0.15, 0.2) is 0 Å². The number of sulfonamides is 1. The van der Waals surface area contributed by atoms with Crippen LogP contribution in [0.4, 0.5) is 0 Å². The number of aryl methyl sites for hydroxylation is 1. The number of rotatable bonds is 6. The Kier molecular flexibility index (Phi) is 5.57. The fourth-order valence-corrected chi connectivity index (χ4v) is 4.81. The minimum atomic E-state index is -3.79. The number of aromatic nitrogens is 2. The van der Waals surface area contributed by atoms with E-state index in [1.54, 1.807) is 18.5 Å². The summed E-state index contributed by atoms with van der Waals surface area (Å²) in [5, 5.41) is 1.11. The molecule has 9 heteroatoms. The van der Waals surface area contributed by atoms with Gasteiger partial charge in [-0.25, -0.2) is 18.1 Å². The molecule has 1 N–H and O–H groups in total. The number of benzene rings is 1. The van der Waals surface area contributed by atoms with Crippen LogP contribution in [0.2, 0.25) is 5.02 Å². The zero-order valence-corrected chi connectivity index (χ0v) is 16.5. The standard InChI is InChI=1S/C17H16ClN3O3S2/c1-11-15(25-17(21-11)12-4-3-7-19-9-12)10-20-26(22,23)16-8-13(18)5-6-14(16)24-2/h3-9,20H,10H2,1-2H3. The second kappa shape index (κ2) is 7.71. The monoisotopic (exact) mass is 409 g/mol. The van der Waals surface area contributed by atoms with Crippen LogP contribution < -0.4 is 9.46 Å². The summed E-state index contributed by atoms with van der Waals surface area (Å²) < 4.78 is 33.0. The smallest absolute Gasteiger partial charge is 0.244 e. The van der Waals surface area contributed by atoms with Gasteiger partial charge in [0.25, 0.3) is 0 Å². The number of halogens is 1. The Bertz CT molecular complexity index is 1020. The van der Waals surface area contributed by atoms with Gasteiger partial charge in [-0.15, -0.1) is 11.3 Å². The molecule has 3 aromatic rings. The van der Waals surface area contributed by atoms with Gasteiger partial charge >= 0.3 is 0 Å². The first kappa shape index (κ1) is 18.8. The van der Waals surface area contributed by atoms with E-state index in [9.17, 15) is 8.42 Å². The van der Waals surface area contributed by atoms with E-state index >= 15 is 0 Å². The number of hydrogen-bond acceptors (Lipinski definition) is 6. The Morgan fingerprint density at radius 3 is 2.81 bits per heavy atom. The molecular weight excluding hydrogens is 394 g/mol. The van der Waals surface area contributed by atoms with Gasteiger partial charge in [-0.1, -0.05) is 11.6 Å². The minimum absolute atomic E-state index is 0.00199. The molecule has 6 nitrogen and oxygen atoms in total. The van der Waals surface area contributed by atoms with Gasteiger partial charge in [0.2, 0.25) is 10.0 Å². The maximum absolute atomic E-state index is 12.6. The van der Waals surface area contributed by atoms with E-state index in [0.717, 1.165) is 21.1 Å². The molecule has 0 saturated carbocycles. The summed E-state index contributed by atoms with van der Waals surface area (Å²) in [7, 11) is -2.38. The van der Waals surface area contributed by atoms with E-state index in [-0.39, 0.29) is 17.2 Å². The highest BCUT2D eigenvalue weighted by molar-refractivity contribution is 7.89. The molecule has 136 valence electrons. The van der Waals surface area contributed by atoms with Gasteiger partial charge in [0.1, 0.15) is 15.7 Å². The van der Waals surface area contributed by atoms with Gasteiger partial charge in [-0.3, -0.25) is 4.98 Å². The number of pyridine rings is 1. The lowest BCUT2D eigenvalue weighted by Crippen LogP contribution is -2.23. The fourth-order valence-electron chi connectivity index (χ4n) is 2.30. The normalized spacial score (nSPS) is 11.5. The average Bonchev–Trinajstić information content (AvgIpc) is 3.02. The predicted molar refractivity (Wildman–Crippen MR) is 102 cm³/mol. The van der Waals surface area contributed by atoms with Crippen LogP contribution in [0.25, 0.3) is 10.6 Å². The molecule has 0 radical (unpaired) electrons. The first-order chi connectivity index (χ1) is 12.4. The van der Waals surface area contributed by atoms with Gasteiger partial charge in [-0.2, -0.15) is 0 Å². The van der Waals surface area contributed by atoms with Crippen molar-refractivity contribution in [2.75, 3.05) is 7.11 Å². The third-order valence-electron chi connectivity index (χ3n) is 3.64. The first-order valence-electron chi connectivity index (χ1n) is 7.60. The van der Waals surface area contributed by atoms with Crippen molar-refractivity contribution >= 4 is 33.0 Å². The molecule has 0 atom stereocenters. The Morgan fingerprint density at radius 2 is 2.12 bits per heavy atom. The van der Waals surface area contributed by atoms with Crippen molar-refractivity contribution in [3.63, 3.8) is 0 Å². The summed E-state index contributed by atoms with van der Waals surface area (Å²) in [4.78, 5) is 9.41. The van der Waals surface area contributed by atoms with Crippen LogP contribution in [0.5, 0.6) is 5.75 Å². The van der Waals surface area contributed by atoms with E-state index in [0.29, 0.717) is 5.02 Å². The Hall–Kier alpha value is -2.00. The zero-order valence-electron chi connectivity index (χ0n) is 14.1. The van der Waals surface area contributed by atoms with Crippen molar-refractivity contribution in [2.24, 2.45) is 0 Å². The number of methoxy groups -OCH3 is 1. The zero-order chi connectivity index (χ0) is 18.7. The highest BCUT2D eigenvalue weighted by Gasteiger charge is 2.21. The molecule has 0 aliphatic carbocycles. The molecule has 3 rings (SSSR count). The number of thiazole rings is 1. The van der Waals surface area contributed by atoms with E-state index in [4.69, 9.17) is 16.3 Å². The van der Waals surface area contributed by atoms with Crippen LogP contribution in [0, 0.1) is 6.92 Å². The van der Waals surface area contributed by atoms with Crippen LogP contribution in [-0.2, 0) is 16.6 Å². The Balaban J connectivity index is 1.83. The van der Waals surface area contributed by atoms with Gasteiger partial charge in [0.05, 0.1) is 12.8 Å². The molecule has 0 aliphatic heterocycles. The van der Waals surface area contributed by atoms with Crippen LogP contribution in [0.15, 0.2) is 47.6 Å². The lowest BCUT2D eigenvalue weighted by Gasteiger charge is -2.10. The maximum Gasteiger partial charge on any atom is 0.244 e. The minimum Gasteiger partial charge on any atom is -0.495 e. The predicted octanol–water partition coefficient (Wildman–Crippen LogP) is 3.65. The third-order valence-corrected chi connectivity index (χ3v) is 6.50. The highest BCUT2D eigenvalue weighted by Crippen LogP contribution is 2.29. The second-order valence-electron chi connectivity index (χ2n) is 5.39. The van der Waals surface area contributed by atoms with Gasteiger partial charge in [-0.05, 0) is 37.3 Å². The summed E-state index contributed by atoms with van der Waals surface area (Å²) in [5.41, 5.74) is 1.67. The first-order valence-corrected chi connectivity index (χ1v) is 10.3. The lowest BCUT2D eigenvalue weighted by molar-refractivity contribution is 0.402. The molecule has 0 amide bonds. The molecule has 2 heterocycles. The molecular formula is C17H16ClN3O3S2. The SMILES string of the molecule is COc1ccc(Cl)cc1S(=O)(=O)NCc1sc(-c2cccnc2)nc1C. The average molecular weight is 410 g/mol. The topological polar surface area (TPSA) is 81.2 Å². The molecule has 0 aliphatic rings. The summed E-state index contributed by atoms with van der Waals surface area (Å²) >= 11 is 7.36. The van der Waals surface area contributed by atoms with Crippen molar-refractivity contribution in [1.82, 2.24) is 14.7 Å². The molecule has 0 fully saturated rings. The summed E-state index contributed by atoms with van der Waals surface area (Å²) in [5.74, 6) is 0.235. The maximum atomic E-state index is 12.6. The van der Waals surface area contributed by atoms with Crippen LogP contribution in [0.1, 0.15) is 10.6 Å². The van der Waals surface area contributed by atoms with Crippen LogP contribution >= 0.6 is 22.9 Å². The number of nitrogens with zero attached hydrogens (tertiary/aromatic N) is 2. The molecule has 1 aromatic carbocycles. The van der Waals surface area contributed by atoms with Crippen molar-refractivity contribution in [1.29, 1.82) is 0 Å². The Labute approximate surface area is 160 Å². The Morgan fingerprint density at radius 1 is 1.31 bits per heavy atom. The van der Waals surface area contributed by atoms with Crippen molar-refractivity contribution in [3.8, 4) is 16.3 Å². The summed E-state index contributed by atoms with van der Waals surface area (Å²) in [6, 6.07) is 8.21. The van der Waals surface area contributed by atoms with E-state index in [2.05, 4.69) is 14.7 Å². The van der Waals surface area contributed by atoms with Gasteiger partial charge < -0.3 is 4.74 Å². The molecule has 0 bridgehead atoms. The van der Waals surface area contributed by atoms with Crippen molar-refractivity contribution in [2.45, 2.75) is 18.4 Å². The largest absolute Gasteiger partial charge is 0.495 e. The molecule has 26 heavy (non-hydrogen) atoms. The highest BCUT2D eigenvalue weighted by atomic mass is 35.5. The van der Waals surface area contributed by atoms with Crippen LogP contribution in [0.3, 0.4) is 0 Å². The molecule has 0 saturated heterocycles. The molecule has 0 unspecified atom stereocenters. The van der Waals surface area contributed by atoms with E-state index < -0.39 is 10.0 Å². The van der Waals surface area contributed by atoms with E-state index in [1.165, 1.54) is 30.6 Å². The van der Waals surface area contributed by atoms with Crippen LogP contribution in [-0.4, -0.2) is 25.5 Å². The third kappa shape index (κ3) is 4.04. The quantitative estimate of drug-likeness (QED) is 0.672.